The van der Waals surface area contributed by atoms with Gasteiger partial charge in [0.15, 0.2) is 5.82 Å². The summed E-state index contributed by atoms with van der Waals surface area (Å²) in [5, 5.41) is 11.1. The lowest BCUT2D eigenvalue weighted by molar-refractivity contribution is -0.146. The van der Waals surface area contributed by atoms with Crippen LogP contribution in [0.15, 0.2) is 12.4 Å². The Labute approximate surface area is 114 Å². The number of carbonyl (C=O) groups excluding carboxylic acids is 2. The Morgan fingerprint density at radius 1 is 1.35 bits per heavy atom. The molecule has 0 bridgehead atoms. The van der Waals surface area contributed by atoms with Crippen molar-refractivity contribution in [3.63, 3.8) is 0 Å². The maximum Gasteiger partial charge on any atom is 0.251 e. The Morgan fingerprint density at radius 3 is 2.95 bits per heavy atom. The average molecular weight is 274 g/mol. The van der Waals surface area contributed by atoms with E-state index in [0.717, 1.165) is 10.7 Å². The number of likely N-dealkylation sites (tertiary alicyclic amines) is 1. The summed E-state index contributed by atoms with van der Waals surface area (Å²) < 4.78 is 1.79. The van der Waals surface area contributed by atoms with E-state index in [0.29, 0.717) is 24.3 Å². The molecule has 0 spiro atoms. The van der Waals surface area contributed by atoms with Crippen molar-refractivity contribution in [1.29, 1.82) is 0 Å². The van der Waals surface area contributed by atoms with Crippen molar-refractivity contribution in [3.05, 3.63) is 18.2 Å². The molecule has 2 aromatic rings. The first-order valence-electron chi connectivity index (χ1n) is 6.31. The number of fused-ring (bicyclic) bond motifs is 1. The lowest BCUT2D eigenvalue weighted by Crippen LogP contribution is -2.48. The molecular weight excluding hydrogens is 260 g/mol. The molecule has 1 N–H and O–H groups in total. The number of nitrogens with one attached hydrogen (secondary N) is 1. The predicted molar refractivity (Wildman–Crippen MR) is 69.9 cm³/mol. The molecule has 1 atom stereocenters. The van der Waals surface area contributed by atoms with Gasteiger partial charge in [-0.15, -0.1) is 10.2 Å². The second-order valence-electron chi connectivity index (χ2n) is 4.74. The molecule has 3 heterocycles. The Bertz CT molecular complexity index is 694. The third-order valence-electron chi connectivity index (χ3n) is 3.46. The van der Waals surface area contributed by atoms with Crippen molar-refractivity contribution in [3.8, 4) is 0 Å². The zero-order valence-corrected chi connectivity index (χ0v) is 11.2. The molecule has 0 radical (unpaired) electrons. The van der Waals surface area contributed by atoms with Crippen LogP contribution in [-0.2, 0) is 9.59 Å². The fraction of sp³-hybridized carbons (Fsp3) is 0.417. The average Bonchev–Trinajstić information content (AvgIpc) is 2.82. The lowest BCUT2D eigenvalue weighted by atomic mass is 10.0. The van der Waals surface area contributed by atoms with Gasteiger partial charge in [-0.1, -0.05) is 0 Å². The molecule has 1 fully saturated rings. The molecule has 1 unspecified atom stereocenters. The molecule has 0 aromatic carbocycles. The number of nitrogens with zero attached hydrogens (tertiary/aromatic N) is 5. The zero-order chi connectivity index (χ0) is 14.3. The van der Waals surface area contributed by atoms with Gasteiger partial charge >= 0.3 is 0 Å². The number of hydrogen-bond acceptors (Lipinski definition) is 6. The van der Waals surface area contributed by atoms with Gasteiger partial charge in [-0.3, -0.25) is 18.9 Å². The number of likely N-dealkylation sites (N-methyl/N-ethyl adjacent to an activating group) is 1. The number of carbonyl (C=O) groups is 2. The van der Waals surface area contributed by atoms with Crippen molar-refractivity contribution in [1.82, 2.24) is 24.5 Å². The van der Waals surface area contributed by atoms with Crippen molar-refractivity contribution in [2.24, 2.45) is 0 Å². The summed E-state index contributed by atoms with van der Waals surface area (Å²) in [4.78, 5) is 28.9. The molecule has 8 nitrogen and oxygen atoms in total. The second-order valence-corrected chi connectivity index (χ2v) is 4.74. The van der Waals surface area contributed by atoms with Crippen LogP contribution >= 0.6 is 0 Å². The highest BCUT2D eigenvalue weighted by Gasteiger charge is 2.32. The minimum atomic E-state index is -0.464. The van der Waals surface area contributed by atoms with Crippen molar-refractivity contribution in [2.75, 3.05) is 12.4 Å². The quantitative estimate of drug-likeness (QED) is 0.774. The first-order chi connectivity index (χ1) is 9.58. The maximum absolute atomic E-state index is 12.1. The van der Waals surface area contributed by atoms with Gasteiger partial charge in [-0.25, -0.2) is 4.98 Å². The van der Waals surface area contributed by atoms with Crippen molar-refractivity contribution in [2.45, 2.75) is 25.8 Å². The molecule has 20 heavy (non-hydrogen) atoms. The number of anilines is 1. The number of piperidine rings is 1. The van der Waals surface area contributed by atoms with Crippen LogP contribution in [0.4, 0.5) is 5.82 Å². The van der Waals surface area contributed by atoms with Crippen molar-refractivity contribution < 1.29 is 9.59 Å². The minimum absolute atomic E-state index is 0.155. The summed E-state index contributed by atoms with van der Waals surface area (Å²) in [6, 6.07) is -0.464. The SMILES string of the molecule is Cc1nnc2c(NC3CCC(=O)N(C)C3=O)nccn12. The van der Waals surface area contributed by atoms with Gasteiger partial charge in [0.2, 0.25) is 11.6 Å². The predicted octanol–water partition coefficient (Wildman–Crippen LogP) is -0.00798. The van der Waals surface area contributed by atoms with Crippen LogP contribution in [0.1, 0.15) is 18.7 Å². The third-order valence-corrected chi connectivity index (χ3v) is 3.46. The fourth-order valence-electron chi connectivity index (χ4n) is 2.26. The maximum atomic E-state index is 12.1. The molecule has 3 rings (SSSR count). The second kappa shape index (κ2) is 4.55. The minimum Gasteiger partial charge on any atom is -0.355 e. The van der Waals surface area contributed by atoms with Crippen LogP contribution in [0.5, 0.6) is 0 Å². The van der Waals surface area contributed by atoms with E-state index in [-0.39, 0.29) is 11.8 Å². The van der Waals surface area contributed by atoms with Gasteiger partial charge in [0.1, 0.15) is 11.9 Å². The highest BCUT2D eigenvalue weighted by Crippen LogP contribution is 2.18. The third kappa shape index (κ3) is 1.89. The molecule has 1 saturated heterocycles. The Morgan fingerprint density at radius 2 is 2.15 bits per heavy atom. The van der Waals surface area contributed by atoms with E-state index < -0.39 is 6.04 Å². The van der Waals surface area contributed by atoms with Crippen LogP contribution in [0, 0.1) is 6.92 Å². The number of aryl methyl sites for hydroxylation is 1. The molecule has 1 aliphatic rings. The topological polar surface area (TPSA) is 92.5 Å². The Kier molecular flexibility index (Phi) is 2.85. The summed E-state index contributed by atoms with van der Waals surface area (Å²) in [5.74, 6) is 0.834. The van der Waals surface area contributed by atoms with E-state index in [1.54, 1.807) is 16.8 Å². The number of hydrogen-bond donors (Lipinski definition) is 1. The zero-order valence-electron chi connectivity index (χ0n) is 11.2. The standard InChI is InChI=1S/C12H14N6O2/c1-7-15-16-11-10(13-5-6-18(7)11)14-8-3-4-9(19)17(2)12(8)20/h5-6,8H,3-4H2,1-2H3,(H,13,14). The Hall–Kier alpha value is -2.51. The monoisotopic (exact) mass is 274 g/mol. The van der Waals surface area contributed by atoms with Gasteiger partial charge in [0, 0.05) is 25.9 Å². The van der Waals surface area contributed by atoms with Crippen LogP contribution in [-0.4, -0.2) is 49.4 Å². The first kappa shape index (κ1) is 12.5. The number of rotatable bonds is 2. The summed E-state index contributed by atoms with van der Waals surface area (Å²) in [6.45, 7) is 1.84. The summed E-state index contributed by atoms with van der Waals surface area (Å²) in [5.41, 5.74) is 0.567. The normalized spacial score (nSPS) is 19.7. The molecule has 1 aliphatic heterocycles. The van der Waals surface area contributed by atoms with Crippen LogP contribution in [0.2, 0.25) is 0 Å². The van der Waals surface area contributed by atoms with Gasteiger partial charge in [0.05, 0.1) is 0 Å². The van der Waals surface area contributed by atoms with E-state index in [2.05, 4.69) is 20.5 Å². The first-order valence-corrected chi connectivity index (χ1v) is 6.31. The number of aromatic nitrogens is 4. The van der Waals surface area contributed by atoms with Gasteiger partial charge in [0.25, 0.3) is 5.91 Å². The van der Waals surface area contributed by atoms with E-state index in [4.69, 9.17) is 0 Å². The van der Waals surface area contributed by atoms with Gasteiger partial charge in [-0.2, -0.15) is 0 Å². The van der Waals surface area contributed by atoms with Crippen LogP contribution in [0.3, 0.4) is 0 Å². The molecule has 2 aromatic heterocycles. The van der Waals surface area contributed by atoms with E-state index >= 15 is 0 Å². The summed E-state index contributed by atoms with van der Waals surface area (Å²) >= 11 is 0. The number of amides is 2. The summed E-state index contributed by atoms with van der Waals surface area (Å²) in [7, 11) is 1.49. The van der Waals surface area contributed by atoms with E-state index in [9.17, 15) is 9.59 Å². The Balaban J connectivity index is 1.90. The van der Waals surface area contributed by atoms with E-state index in [1.165, 1.54) is 7.05 Å². The molecule has 2 amide bonds. The molecule has 0 saturated carbocycles. The highest BCUT2D eigenvalue weighted by molar-refractivity contribution is 6.01. The fourth-order valence-corrected chi connectivity index (χ4v) is 2.26. The number of imide groups is 1. The molecule has 8 heteroatoms. The largest absolute Gasteiger partial charge is 0.355 e. The van der Waals surface area contributed by atoms with Crippen LogP contribution in [0.25, 0.3) is 5.65 Å². The van der Waals surface area contributed by atoms with Crippen LogP contribution < -0.4 is 5.32 Å². The summed E-state index contributed by atoms with van der Waals surface area (Å²) in [6.07, 6.45) is 4.18. The lowest BCUT2D eigenvalue weighted by Gasteiger charge is -2.28. The molecule has 104 valence electrons. The van der Waals surface area contributed by atoms with Gasteiger partial charge in [-0.05, 0) is 13.3 Å². The van der Waals surface area contributed by atoms with Crippen molar-refractivity contribution >= 4 is 23.3 Å². The molecular formula is C12H14N6O2. The van der Waals surface area contributed by atoms with Gasteiger partial charge < -0.3 is 5.32 Å². The smallest absolute Gasteiger partial charge is 0.251 e. The van der Waals surface area contributed by atoms with E-state index in [1.807, 2.05) is 6.92 Å². The molecule has 0 aliphatic carbocycles. The highest BCUT2D eigenvalue weighted by atomic mass is 16.2.